The molecule has 1 aliphatic rings. The fourth-order valence-electron chi connectivity index (χ4n) is 3.37. The molecular weight excluding hydrogens is 300 g/mol. The second kappa shape index (κ2) is 7.49. The summed E-state index contributed by atoms with van der Waals surface area (Å²) in [5.74, 6) is -0.876. The van der Waals surface area contributed by atoms with E-state index >= 15 is 0 Å². The van der Waals surface area contributed by atoms with E-state index in [1.807, 2.05) is 12.1 Å². The lowest BCUT2D eigenvalue weighted by Gasteiger charge is -2.24. The van der Waals surface area contributed by atoms with Crippen LogP contribution in [0.15, 0.2) is 48.5 Å². The molecule has 0 aliphatic carbocycles. The number of nitrogens with zero attached hydrogens (tertiary/aromatic N) is 2. The third-order valence-corrected chi connectivity index (χ3v) is 4.51. The van der Waals surface area contributed by atoms with Crippen LogP contribution in [-0.2, 0) is 13.1 Å². The minimum Gasteiger partial charge on any atom is -0.478 e. The van der Waals surface area contributed by atoms with Crippen LogP contribution in [0.2, 0.25) is 0 Å². The van der Waals surface area contributed by atoms with Gasteiger partial charge in [-0.2, -0.15) is 0 Å². The summed E-state index contributed by atoms with van der Waals surface area (Å²) < 4.78 is 0. The Labute approximate surface area is 143 Å². The van der Waals surface area contributed by atoms with Gasteiger partial charge in [-0.25, -0.2) is 4.79 Å². The molecule has 4 heteroatoms. The van der Waals surface area contributed by atoms with E-state index in [2.05, 4.69) is 41.1 Å². The summed E-state index contributed by atoms with van der Waals surface area (Å²) in [5.41, 5.74) is 4.03. The molecule has 1 aliphatic heterocycles. The molecule has 4 nitrogen and oxygen atoms in total. The molecule has 0 spiro atoms. The Hall–Kier alpha value is -2.33. The van der Waals surface area contributed by atoms with Crippen molar-refractivity contribution in [2.24, 2.45) is 0 Å². The van der Waals surface area contributed by atoms with Gasteiger partial charge in [-0.05, 0) is 49.2 Å². The number of anilines is 1. The van der Waals surface area contributed by atoms with Crippen LogP contribution in [0.25, 0.3) is 0 Å². The third kappa shape index (κ3) is 3.95. The maximum atomic E-state index is 11.1. The number of para-hydroxylation sites is 1. The van der Waals surface area contributed by atoms with E-state index in [1.54, 1.807) is 12.1 Å². The van der Waals surface area contributed by atoms with Gasteiger partial charge in [0.1, 0.15) is 0 Å². The first-order valence-electron chi connectivity index (χ1n) is 8.47. The van der Waals surface area contributed by atoms with Crippen molar-refractivity contribution in [1.29, 1.82) is 0 Å². The molecule has 0 bridgehead atoms. The second-order valence-electron chi connectivity index (χ2n) is 6.50. The fraction of sp³-hybridized carbons (Fsp3) is 0.350. The maximum absolute atomic E-state index is 11.1. The first kappa shape index (κ1) is 16.5. The van der Waals surface area contributed by atoms with Gasteiger partial charge in [0, 0.05) is 31.9 Å². The maximum Gasteiger partial charge on any atom is 0.335 e. The van der Waals surface area contributed by atoms with Crippen LogP contribution in [0, 0.1) is 0 Å². The zero-order valence-corrected chi connectivity index (χ0v) is 14.1. The third-order valence-electron chi connectivity index (χ3n) is 4.51. The van der Waals surface area contributed by atoms with Crippen LogP contribution >= 0.6 is 0 Å². The first-order valence-corrected chi connectivity index (χ1v) is 8.47. The van der Waals surface area contributed by atoms with Crippen molar-refractivity contribution in [3.63, 3.8) is 0 Å². The molecule has 1 fully saturated rings. The van der Waals surface area contributed by atoms with Crippen molar-refractivity contribution in [3.8, 4) is 0 Å². The Morgan fingerprint density at radius 2 is 1.83 bits per heavy atom. The normalized spacial score (nSPS) is 14.3. The zero-order chi connectivity index (χ0) is 16.9. The number of rotatable bonds is 6. The molecule has 24 heavy (non-hydrogen) atoms. The average molecular weight is 324 g/mol. The molecular formula is C20H24N2O2. The van der Waals surface area contributed by atoms with Gasteiger partial charge in [-0.1, -0.05) is 30.3 Å². The number of hydrogen-bond acceptors (Lipinski definition) is 3. The molecule has 126 valence electrons. The average Bonchev–Trinajstić information content (AvgIpc) is 3.10. The van der Waals surface area contributed by atoms with Crippen LogP contribution in [0.4, 0.5) is 5.69 Å². The molecule has 0 saturated carbocycles. The van der Waals surface area contributed by atoms with Crippen molar-refractivity contribution in [1.82, 2.24) is 4.90 Å². The molecule has 2 aromatic rings. The van der Waals surface area contributed by atoms with Gasteiger partial charge in [0.25, 0.3) is 0 Å². The highest BCUT2D eigenvalue weighted by molar-refractivity contribution is 5.87. The molecule has 0 aromatic heterocycles. The summed E-state index contributed by atoms with van der Waals surface area (Å²) in [6, 6.07) is 15.8. The summed E-state index contributed by atoms with van der Waals surface area (Å²) in [6.45, 7) is 3.86. The SMILES string of the molecule is CN(Cc1cccc(C(=O)O)c1)Cc1ccccc1N1CCCC1. The number of carboxylic acid groups (broad SMARTS) is 1. The lowest BCUT2D eigenvalue weighted by Crippen LogP contribution is -2.23. The zero-order valence-electron chi connectivity index (χ0n) is 14.1. The first-order chi connectivity index (χ1) is 11.6. The van der Waals surface area contributed by atoms with Gasteiger partial charge >= 0.3 is 5.97 Å². The van der Waals surface area contributed by atoms with Crippen molar-refractivity contribution in [2.75, 3.05) is 25.0 Å². The number of aromatic carboxylic acids is 1. The number of hydrogen-bond donors (Lipinski definition) is 1. The van der Waals surface area contributed by atoms with Crippen LogP contribution in [0.5, 0.6) is 0 Å². The van der Waals surface area contributed by atoms with Crippen molar-refractivity contribution < 1.29 is 9.90 Å². The predicted octanol–water partition coefficient (Wildman–Crippen LogP) is 3.62. The summed E-state index contributed by atoms with van der Waals surface area (Å²) >= 11 is 0. The molecule has 0 unspecified atom stereocenters. The second-order valence-corrected chi connectivity index (χ2v) is 6.50. The predicted molar refractivity (Wildman–Crippen MR) is 96.5 cm³/mol. The van der Waals surface area contributed by atoms with E-state index in [4.69, 9.17) is 5.11 Å². The van der Waals surface area contributed by atoms with Crippen LogP contribution < -0.4 is 4.90 Å². The number of carbonyl (C=O) groups is 1. The van der Waals surface area contributed by atoms with Crippen LogP contribution in [0.1, 0.15) is 34.3 Å². The van der Waals surface area contributed by atoms with E-state index in [9.17, 15) is 4.79 Å². The summed E-state index contributed by atoms with van der Waals surface area (Å²) in [5, 5.41) is 9.12. The smallest absolute Gasteiger partial charge is 0.335 e. The molecule has 1 N–H and O–H groups in total. The largest absolute Gasteiger partial charge is 0.478 e. The lowest BCUT2D eigenvalue weighted by atomic mass is 10.1. The van der Waals surface area contributed by atoms with Gasteiger partial charge in [-0.15, -0.1) is 0 Å². The standard InChI is InChI=1S/C20H24N2O2/c1-21(14-16-7-6-9-17(13-16)20(23)24)15-18-8-2-3-10-19(18)22-11-4-5-12-22/h2-3,6-10,13H,4-5,11-12,14-15H2,1H3,(H,23,24). The molecule has 2 aromatic carbocycles. The Morgan fingerprint density at radius 1 is 1.08 bits per heavy atom. The summed E-state index contributed by atoms with van der Waals surface area (Å²) in [6.07, 6.45) is 2.54. The molecule has 0 amide bonds. The highest BCUT2D eigenvalue weighted by Crippen LogP contribution is 2.25. The lowest BCUT2D eigenvalue weighted by molar-refractivity contribution is 0.0696. The Kier molecular flexibility index (Phi) is 5.16. The highest BCUT2D eigenvalue weighted by atomic mass is 16.4. The minimum atomic E-state index is -0.876. The number of carboxylic acids is 1. The van der Waals surface area contributed by atoms with Crippen molar-refractivity contribution >= 4 is 11.7 Å². The molecule has 3 rings (SSSR count). The fourth-order valence-corrected chi connectivity index (χ4v) is 3.37. The minimum absolute atomic E-state index is 0.346. The van der Waals surface area contributed by atoms with Gasteiger partial charge < -0.3 is 10.0 Å². The summed E-state index contributed by atoms with van der Waals surface area (Å²) in [4.78, 5) is 15.8. The Morgan fingerprint density at radius 3 is 2.58 bits per heavy atom. The molecule has 0 atom stereocenters. The Balaban J connectivity index is 1.70. The van der Waals surface area contributed by atoms with Gasteiger partial charge in [-0.3, -0.25) is 4.90 Å². The topological polar surface area (TPSA) is 43.8 Å². The van der Waals surface area contributed by atoms with Gasteiger partial charge in [0.2, 0.25) is 0 Å². The van der Waals surface area contributed by atoms with Gasteiger partial charge in [0.05, 0.1) is 5.56 Å². The number of benzene rings is 2. The molecule has 1 saturated heterocycles. The Bertz CT molecular complexity index is 708. The van der Waals surface area contributed by atoms with Crippen molar-refractivity contribution in [2.45, 2.75) is 25.9 Å². The monoisotopic (exact) mass is 324 g/mol. The van der Waals surface area contributed by atoms with Crippen LogP contribution in [-0.4, -0.2) is 36.1 Å². The highest BCUT2D eigenvalue weighted by Gasteiger charge is 2.16. The van der Waals surface area contributed by atoms with E-state index < -0.39 is 5.97 Å². The van der Waals surface area contributed by atoms with Gasteiger partial charge in [0.15, 0.2) is 0 Å². The van der Waals surface area contributed by atoms with Crippen LogP contribution in [0.3, 0.4) is 0 Å². The van der Waals surface area contributed by atoms with E-state index in [0.29, 0.717) is 5.56 Å². The molecule has 1 heterocycles. The summed E-state index contributed by atoms with van der Waals surface area (Å²) in [7, 11) is 2.08. The van der Waals surface area contributed by atoms with Crippen molar-refractivity contribution in [3.05, 3.63) is 65.2 Å². The van der Waals surface area contributed by atoms with E-state index in [-0.39, 0.29) is 0 Å². The van der Waals surface area contributed by atoms with E-state index in [1.165, 1.54) is 24.1 Å². The quantitative estimate of drug-likeness (QED) is 0.881. The molecule has 0 radical (unpaired) electrons. The van der Waals surface area contributed by atoms with E-state index in [0.717, 1.165) is 31.7 Å².